The van der Waals surface area contributed by atoms with Crippen molar-refractivity contribution < 1.29 is 26.6 Å². The average molecular weight is 185 g/mol. The van der Waals surface area contributed by atoms with E-state index >= 15 is 0 Å². The molecule has 0 aromatic heterocycles. The van der Waals surface area contributed by atoms with E-state index in [1.807, 2.05) is 0 Å². The molecule has 8 heavy (non-hydrogen) atoms. The summed E-state index contributed by atoms with van der Waals surface area (Å²) in [6, 6.07) is 0. The summed E-state index contributed by atoms with van der Waals surface area (Å²) in [5.41, 5.74) is 0. The minimum atomic E-state index is 0.125. The quantitative estimate of drug-likeness (QED) is 0.427. The monoisotopic (exact) mass is 183 g/mol. The first-order chi connectivity index (χ1) is 3.89. The molecule has 0 aliphatic carbocycles. The molecule has 1 heterocycles. The predicted octanol–water partition coefficient (Wildman–Crippen LogP) is 0.0332. The van der Waals surface area contributed by atoms with Crippen LogP contribution >= 0.6 is 11.9 Å². The Balaban J connectivity index is 0.000000222. The van der Waals surface area contributed by atoms with E-state index in [2.05, 4.69) is 4.72 Å². The van der Waals surface area contributed by atoms with Crippen LogP contribution in [0.2, 0.25) is 0 Å². The van der Waals surface area contributed by atoms with Gasteiger partial charge in [0.25, 0.3) is 0 Å². The number of carbonyl (C=O) groups excluding carboxylic acids is 1. The summed E-state index contributed by atoms with van der Waals surface area (Å²) < 4.78 is 11.0. The number of hydrogen-bond donors (Lipinski definition) is 1. The van der Waals surface area contributed by atoms with Crippen molar-refractivity contribution in [2.24, 2.45) is 0 Å². The zero-order valence-corrected chi connectivity index (χ0v) is 8.13. The molecule has 0 saturated carbocycles. The van der Waals surface area contributed by atoms with Gasteiger partial charge in [-0.3, -0.25) is 4.79 Å². The van der Waals surface area contributed by atoms with Crippen LogP contribution < -0.4 is 4.72 Å². The molecule has 1 fully saturated rings. The van der Waals surface area contributed by atoms with Gasteiger partial charge in [-0.05, 0) is 11.9 Å². The van der Waals surface area contributed by atoms with E-state index in [-0.39, 0.29) is 24.2 Å². The van der Waals surface area contributed by atoms with E-state index in [9.17, 15) is 4.79 Å². The van der Waals surface area contributed by atoms with Gasteiger partial charge in [0.2, 0.25) is 5.91 Å². The van der Waals surface area contributed by atoms with Gasteiger partial charge in [-0.15, -0.1) is 0 Å². The summed E-state index contributed by atoms with van der Waals surface area (Å²) in [5.74, 6) is 1.11. The zero-order chi connectivity index (χ0) is 6.41. The SMILES string of the molecule is O=C1CCSN1.[O]=[Zn]. The molecule has 0 spiro atoms. The first-order valence-electron chi connectivity index (χ1n) is 2.09. The van der Waals surface area contributed by atoms with Crippen molar-refractivity contribution in [3.63, 3.8) is 0 Å². The van der Waals surface area contributed by atoms with Crippen molar-refractivity contribution in [1.82, 2.24) is 4.72 Å². The van der Waals surface area contributed by atoms with E-state index in [0.29, 0.717) is 6.42 Å². The Kier molecular flexibility index (Phi) is 5.55. The minimum absolute atomic E-state index is 0.125. The van der Waals surface area contributed by atoms with E-state index in [4.69, 9.17) is 3.57 Å². The van der Waals surface area contributed by atoms with Gasteiger partial charge in [-0.25, -0.2) is 0 Å². The van der Waals surface area contributed by atoms with Crippen molar-refractivity contribution in [3.05, 3.63) is 0 Å². The molecule has 1 N–H and O–H groups in total. The second kappa shape index (κ2) is 5.38. The molecule has 0 aromatic carbocycles. The van der Waals surface area contributed by atoms with Gasteiger partial charge in [0.05, 0.1) is 0 Å². The van der Waals surface area contributed by atoms with Crippen LogP contribution in [-0.2, 0) is 26.6 Å². The van der Waals surface area contributed by atoms with Crippen LogP contribution in [0.4, 0.5) is 0 Å². The third kappa shape index (κ3) is 3.27. The maximum atomic E-state index is 10.1. The van der Waals surface area contributed by atoms with Gasteiger partial charge in [-0.1, -0.05) is 0 Å². The number of carbonyl (C=O) groups is 1. The Morgan fingerprint density at radius 3 is 2.38 bits per heavy atom. The van der Waals surface area contributed by atoms with E-state index in [1.54, 1.807) is 0 Å². The average Bonchev–Trinajstić information content (AvgIpc) is 2.24. The number of amides is 1. The third-order valence-corrected chi connectivity index (χ3v) is 1.40. The molecule has 0 bridgehead atoms. The molecule has 1 aliphatic heterocycles. The van der Waals surface area contributed by atoms with Gasteiger partial charge in [0.15, 0.2) is 0 Å². The summed E-state index contributed by atoms with van der Waals surface area (Å²) in [6.45, 7) is 0. The van der Waals surface area contributed by atoms with Crippen molar-refractivity contribution in [2.75, 3.05) is 5.75 Å². The standard InChI is InChI=1S/C3H5NOS.O.Zn/c5-3-1-2-6-4-3;;/h1-2H2,(H,4,5);;. The summed E-state index contributed by atoms with van der Waals surface area (Å²) >= 11 is 1.61. The fraction of sp³-hybridized carbons (Fsp3) is 0.667. The molecule has 5 heteroatoms. The van der Waals surface area contributed by atoms with E-state index in [0.717, 1.165) is 5.75 Å². The van der Waals surface area contributed by atoms with Gasteiger partial charge in [0.1, 0.15) is 0 Å². The number of hydrogen-bond acceptors (Lipinski definition) is 3. The van der Waals surface area contributed by atoms with Gasteiger partial charge >= 0.3 is 21.8 Å². The van der Waals surface area contributed by atoms with Crippen LogP contribution in [0.1, 0.15) is 6.42 Å². The van der Waals surface area contributed by atoms with E-state index < -0.39 is 0 Å². The first-order valence-corrected chi connectivity index (χ1v) is 4.29. The van der Waals surface area contributed by atoms with Crippen LogP contribution in [0.3, 0.4) is 0 Å². The third-order valence-electron chi connectivity index (χ3n) is 0.617. The number of rotatable bonds is 0. The van der Waals surface area contributed by atoms with Crippen LogP contribution in [0, 0.1) is 0 Å². The molecule has 1 aliphatic rings. The van der Waals surface area contributed by atoms with Gasteiger partial charge in [-0.2, -0.15) is 0 Å². The molecule has 0 aromatic rings. The predicted molar refractivity (Wildman–Crippen MR) is 25.9 cm³/mol. The second-order valence-electron chi connectivity index (χ2n) is 1.12. The molecule has 1 saturated heterocycles. The fourth-order valence-corrected chi connectivity index (χ4v) is 0.979. The molecule has 0 atom stereocenters. The maximum absolute atomic E-state index is 10.1. The van der Waals surface area contributed by atoms with Gasteiger partial charge in [0, 0.05) is 12.2 Å². The number of nitrogens with one attached hydrogen (secondary N) is 1. The Bertz CT molecular complexity index is 81.4. The topological polar surface area (TPSA) is 46.2 Å². The summed E-state index contributed by atoms with van der Waals surface area (Å²) in [5, 5.41) is 0. The normalized spacial score (nSPS) is 16.5. The van der Waals surface area contributed by atoms with Crippen molar-refractivity contribution in [1.29, 1.82) is 0 Å². The molecule has 1 rings (SSSR count). The fourth-order valence-electron chi connectivity index (χ4n) is 0.326. The van der Waals surface area contributed by atoms with Crippen LogP contribution in [0.25, 0.3) is 0 Å². The molecular weight excluding hydrogens is 179 g/mol. The summed E-state index contributed by atoms with van der Waals surface area (Å²) in [6.07, 6.45) is 0.699. The van der Waals surface area contributed by atoms with Crippen LogP contribution in [0.15, 0.2) is 0 Å². The second-order valence-corrected chi connectivity index (χ2v) is 2.02. The summed E-state index contributed by atoms with van der Waals surface area (Å²) in [7, 11) is 0. The van der Waals surface area contributed by atoms with E-state index in [1.165, 1.54) is 11.9 Å². The Morgan fingerprint density at radius 1 is 1.62 bits per heavy atom. The molecule has 3 nitrogen and oxygen atoms in total. The molecule has 42 valence electrons. The van der Waals surface area contributed by atoms with Crippen molar-refractivity contribution in [3.8, 4) is 0 Å². The molecule has 0 unspecified atom stereocenters. The van der Waals surface area contributed by atoms with Crippen molar-refractivity contribution in [2.45, 2.75) is 6.42 Å². The molecule has 0 radical (unpaired) electrons. The van der Waals surface area contributed by atoms with Crippen LogP contribution in [0.5, 0.6) is 0 Å². The Hall–Kier alpha value is 0.243. The Labute approximate surface area is 61.7 Å². The zero-order valence-electron chi connectivity index (χ0n) is 4.35. The van der Waals surface area contributed by atoms with Crippen molar-refractivity contribution >= 4 is 17.9 Å². The Morgan fingerprint density at radius 2 is 2.25 bits per heavy atom. The van der Waals surface area contributed by atoms with Crippen LogP contribution in [-0.4, -0.2) is 11.7 Å². The summed E-state index contributed by atoms with van der Waals surface area (Å²) in [4.78, 5) is 10.1. The van der Waals surface area contributed by atoms with Gasteiger partial charge < -0.3 is 4.72 Å². The molecular formula is C3H5NO2SZn. The first kappa shape index (κ1) is 8.24. The molecule has 1 amide bonds.